The maximum absolute atomic E-state index is 13.0. The summed E-state index contributed by atoms with van der Waals surface area (Å²) in [7, 11) is 3.09. The Morgan fingerprint density at radius 3 is 2.55 bits per heavy atom. The van der Waals surface area contributed by atoms with Crippen LogP contribution >= 0.6 is 0 Å². The predicted octanol–water partition coefficient (Wildman–Crippen LogP) is 4.21. The monoisotopic (exact) mass is 398 g/mol. The number of hydrogen-bond donors (Lipinski definition) is 0. The van der Waals surface area contributed by atoms with Crippen molar-refractivity contribution >= 4 is 12.0 Å². The molecule has 0 unspecified atom stereocenters. The first-order chi connectivity index (χ1) is 14.0. The fourth-order valence-corrected chi connectivity index (χ4v) is 2.50. The van der Waals surface area contributed by atoms with Crippen molar-refractivity contribution in [2.24, 2.45) is 0 Å². The third-order valence-corrected chi connectivity index (χ3v) is 4.01. The molecule has 0 bridgehead atoms. The minimum absolute atomic E-state index is 0.130. The highest BCUT2D eigenvalue weighted by molar-refractivity contribution is 5.87. The highest BCUT2D eigenvalue weighted by atomic mass is 19.1. The quantitative estimate of drug-likeness (QED) is 0.435. The first-order valence-corrected chi connectivity index (χ1v) is 8.70. The summed E-state index contributed by atoms with van der Waals surface area (Å²) >= 11 is 0. The van der Waals surface area contributed by atoms with Crippen molar-refractivity contribution in [3.8, 4) is 23.0 Å². The minimum Gasteiger partial charge on any atom is -0.497 e. The maximum atomic E-state index is 13.0. The van der Waals surface area contributed by atoms with Crippen LogP contribution in [0.5, 0.6) is 11.5 Å². The first kappa shape index (κ1) is 20.1. The number of aromatic nitrogens is 2. The SMILES string of the molecule is COc1ccc(OC)c(/C=C/C(=O)O[C@@H](C)c2nnc(-c3ccc(F)cc3)o2)c1. The highest BCUT2D eigenvalue weighted by Gasteiger charge is 2.18. The highest BCUT2D eigenvalue weighted by Crippen LogP contribution is 2.26. The average Bonchev–Trinajstić information content (AvgIpc) is 3.23. The Bertz CT molecular complexity index is 1010. The number of carbonyl (C=O) groups is 1. The molecule has 3 rings (SSSR count). The van der Waals surface area contributed by atoms with E-state index in [4.69, 9.17) is 18.6 Å². The van der Waals surface area contributed by atoms with Crippen molar-refractivity contribution in [2.75, 3.05) is 14.2 Å². The van der Waals surface area contributed by atoms with Crippen molar-refractivity contribution < 1.29 is 27.8 Å². The summed E-state index contributed by atoms with van der Waals surface area (Å²) < 4.78 is 34.3. The Morgan fingerprint density at radius 2 is 1.86 bits per heavy atom. The Hall–Kier alpha value is -3.68. The van der Waals surface area contributed by atoms with Crippen LogP contribution in [0, 0.1) is 5.82 Å². The molecule has 8 heteroatoms. The van der Waals surface area contributed by atoms with Crippen molar-refractivity contribution in [3.63, 3.8) is 0 Å². The van der Waals surface area contributed by atoms with Crippen LogP contribution < -0.4 is 9.47 Å². The lowest BCUT2D eigenvalue weighted by Crippen LogP contribution is -2.06. The molecular formula is C21H19FN2O5. The molecule has 0 fully saturated rings. The van der Waals surface area contributed by atoms with Crippen LogP contribution in [0.1, 0.15) is 24.5 Å². The summed E-state index contributed by atoms with van der Waals surface area (Å²) in [5.74, 6) is 0.596. The fraction of sp³-hybridized carbons (Fsp3) is 0.190. The van der Waals surface area contributed by atoms with Crippen molar-refractivity contribution in [2.45, 2.75) is 13.0 Å². The molecular weight excluding hydrogens is 379 g/mol. The molecule has 0 aliphatic rings. The summed E-state index contributed by atoms with van der Waals surface area (Å²) in [5, 5.41) is 7.79. The van der Waals surface area contributed by atoms with Crippen LogP contribution in [0.3, 0.4) is 0 Å². The molecule has 7 nitrogen and oxygen atoms in total. The van der Waals surface area contributed by atoms with E-state index in [2.05, 4.69) is 10.2 Å². The minimum atomic E-state index is -0.763. The summed E-state index contributed by atoms with van der Waals surface area (Å²) in [6, 6.07) is 10.9. The van der Waals surface area contributed by atoms with Gasteiger partial charge in [0.1, 0.15) is 17.3 Å². The molecule has 0 amide bonds. The number of halogens is 1. The van der Waals surface area contributed by atoms with Gasteiger partial charge >= 0.3 is 5.97 Å². The largest absolute Gasteiger partial charge is 0.497 e. The van der Waals surface area contributed by atoms with Gasteiger partial charge in [-0.3, -0.25) is 0 Å². The molecule has 0 aliphatic carbocycles. The van der Waals surface area contributed by atoms with E-state index >= 15 is 0 Å². The van der Waals surface area contributed by atoms with Gasteiger partial charge in [-0.1, -0.05) is 0 Å². The molecule has 3 aromatic rings. The lowest BCUT2D eigenvalue weighted by molar-refractivity contribution is -0.143. The Balaban J connectivity index is 1.67. The fourth-order valence-electron chi connectivity index (χ4n) is 2.50. The van der Waals surface area contributed by atoms with Gasteiger partial charge in [-0.25, -0.2) is 9.18 Å². The summed E-state index contributed by atoms with van der Waals surface area (Å²) in [4.78, 5) is 12.2. The number of hydrogen-bond acceptors (Lipinski definition) is 7. The van der Waals surface area contributed by atoms with Crippen molar-refractivity contribution in [3.05, 3.63) is 65.8 Å². The van der Waals surface area contributed by atoms with Crippen LogP contribution in [-0.2, 0) is 9.53 Å². The van der Waals surface area contributed by atoms with Gasteiger partial charge in [0.25, 0.3) is 5.89 Å². The van der Waals surface area contributed by atoms with Crippen LogP contribution in [0.25, 0.3) is 17.5 Å². The molecule has 0 spiro atoms. The number of rotatable bonds is 7. The van der Waals surface area contributed by atoms with Crippen LogP contribution in [-0.4, -0.2) is 30.4 Å². The molecule has 150 valence electrons. The number of benzene rings is 2. The van der Waals surface area contributed by atoms with Crippen LogP contribution in [0.4, 0.5) is 4.39 Å². The smallest absolute Gasteiger partial charge is 0.331 e. The van der Waals surface area contributed by atoms with E-state index < -0.39 is 12.1 Å². The number of methoxy groups -OCH3 is 2. The van der Waals surface area contributed by atoms with Gasteiger partial charge in [0, 0.05) is 17.2 Å². The van der Waals surface area contributed by atoms with Gasteiger partial charge in [0.05, 0.1) is 14.2 Å². The number of nitrogens with zero attached hydrogens (tertiary/aromatic N) is 2. The zero-order valence-electron chi connectivity index (χ0n) is 16.1. The predicted molar refractivity (Wildman–Crippen MR) is 103 cm³/mol. The average molecular weight is 398 g/mol. The standard InChI is InChI=1S/C21H19FN2O5/c1-13(20-23-24-21(29-20)14-4-7-16(22)8-5-14)28-19(25)11-6-15-12-17(26-2)9-10-18(15)27-3/h4-13H,1-3H3/b11-6+/t13-/m0/s1. The first-order valence-electron chi connectivity index (χ1n) is 8.70. The molecule has 0 aliphatic heterocycles. The molecule has 0 radical (unpaired) electrons. The van der Waals surface area contributed by atoms with Crippen molar-refractivity contribution in [1.82, 2.24) is 10.2 Å². The van der Waals surface area contributed by atoms with E-state index in [1.807, 2.05) is 0 Å². The summed E-state index contributed by atoms with van der Waals surface area (Å²) in [6.07, 6.45) is 2.07. The lowest BCUT2D eigenvalue weighted by atomic mass is 10.1. The van der Waals surface area contributed by atoms with E-state index in [9.17, 15) is 9.18 Å². The second-order valence-electron chi connectivity index (χ2n) is 5.97. The van der Waals surface area contributed by atoms with Crippen LogP contribution in [0.15, 0.2) is 53.0 Å². The number of esters is 1. The van der Waals surface area contributed by atoms with Gasteiger partial charge in [0.15, 0.2) is 6.10 Å². The second kappa shape index (κ2) is 9.01. The zero-order chi connectivity index (χ0) is 20.8. The molecule has 0 saturated heterocycles. The molecule has 29 heavy (non-hydrogen) atoms. The Kier molecular flexibility index (Phi) is 6.23. The van der Waals surface area contributed by atoms with E-state index in [0.717, 1.165) is 0 Å². The van der Waals surface area contributed by atoms with Gasteiger partial charge in [-0.05, 0) is 55.5 Å². The van der Waals surface area contributed by atoms with Gasteiger partial charge in [-0.2, -0.15) is 0 Å². The number of ether oxygens (including phenoxy) is 3. The third-order valence-electron chi connectivity index (χ3n) is 4.01. The van der Waals surface area contributed by atoms with E-state index in [-0.39, 0.29) is 17.6 Å². The maximum Gasteiger partial charge on any atom is 0.331 e. The molecule has 1 atom stereocenters. The normalized spacial score (nSPS) is 12.0. The van der Waals surface area contributed by atoms with Crippen molar-refractivity contribution in [1.29, 1.82) is 0 Å². The van der Waals surface area contributed by atoms with Crippen LogP contribution in [0.2, 0.25) is 0 Å². The third kappa shape index (κ3) is 4.98. The number of carbonyl (C=O) groups excluding carboxylic acids is 1. The summed E-state index contributed by atoms with van der Waals surface area (Å²) in [5.41, 5.74) is 1.22. The molecule has 2 aromatic carbocycles. The topological polar surface area (TPSA) is 83.7 Å². The van der Waals surface area contributed by atoms with E-state index in [1.54, 1.807) is 38.3 Å². The lowest BCUT2D eigenvalue weighted by Gasteiger charge is -2.08. The molecule has 0 N–H and O–H groups in total. The van der Waals surface area contributed by atoms with E-state index in [0.29, 0.717) is 22.6 Å². The Labute approximate surface area is 166 Å². The van der Waals surface area contributed by atoms with E-state index in [1.165, 1.54) is 37.5 Å². The van der Waals surface area contributed by atoms with Gasteiger partial charge < -0.3 is 18.6 Å². The van der Waals surface area contributed by atoms with Gasteiger partial charge in [-0.15, -0.1) is 10.2 Å². The second-order valence-corrected chi connectivity index (χ2v) is 5.97. The zero-order valence-corrected chi connectivity index (χ0v) is 16.1. The molecule has 0 saturated carbocycles. The van der Waals surface area contributed by atoms with Gasteiger partial charge in [0.2, 0.25) is 5.89 Å². The Morgan fingerprint density at radius 1 is 1.10 bits per heavy atom. The summed E-state index contributed by atoms with van der Waals surface area (Å²) in [6.45, 7) is 1.61. The molecule has 1 heterocycles. The molecule has 1 aromatic heterocycles.